The third-order valence-electron chi connectivity index (χ3n) is 3.99. The number of H-pyrrole nitrogens is 1. The number of benzene rings is 1. The van der Waals surface area contributed by atoms with Crippen LogP contribution in [0.1, 0.15) is 18.7 Å². The van der Waals surface area contributed by atoms with E-state index in [9.17, 15) is 4.79 Å². The third-order valence-corrected chi connectivity index (χ3v) is 4.23. The van der Waals surface area contributed by atoms with Crippen molar-refractivity contribution in [1.82, 2.24) is 20.2 Å². The van der Waals surface area contributed by atoms with Crippen LogP contribution < -0.4 is 10.9 Å². The van der Waals surface area contributed by atoms with Gasteiger partial charge in [0.25, 0.3) is 5.56 Å². The van der Waals surface area contributed by atoms with Crippen LogP contribution >= 0.6 is 11.6 Å². The predicted octanol–water partition coefficient (Wildman–Crippen LogP) is 1.76. The van der Waals surface area contributed by atoms with E-state index in [0.717, 1.165) is 25.9 Å². The van der Waals surface area contributed by atoms with Gasteiger partial charge in [-0.15, -0.1) is 0 Å². The number of nitrogens with zero attached hydrogens (tertiary/aromatic N) is 2. The number of piperidine rings is 1. The highest BCUT2D eigenvalue weighted by molar-refractivity contribution is 6.31. The summed E-state index contributed by atoms with van der Waals surface area (Å²) in [6, 6.07) is 5.63. The summed E-state index contributed by atoms with van der Waals surface area (Å²) in [5.74, 6) is 0.661. The van der Waals surface area contributed by atoms with E-state index in [0.29, 0.717) is 34.3 Å². The molecule has 0 aliphatic carbocycles. The van der Waals surface area contributed by atoms with Gasteiger partial charge in [0.05, 0.1) is 17.4 Å². The highest BCUT2D eigenvalue weighted by atomic mass is 35.5. The highest BCUT2D eigenvalue weighted by Crippen LogP contribution is 2.14. The molecule has 6 heteroatoms. The number of nitrogens with one attached hydrogen (secondary N) is 2. The molecule has 1 aromatic carbocycles. The number of hydrogen-bond acceptors (Lipinski definition) is 4. The second-order valence-corrected chi connectivity index (χ2v) is 6.07. The van der Waals surface area contributed by atoms with Crippen LogP contribution in [0.25, 0.3) is 10.9 Å². The van der Waals surface area contributed by atoms with E-state index in [1.54, 1.807) is 18.2 Å². The van der Waals surface area contributed by atoms with Crippen molar-refractivity contribution in [2.45, 2.75) is 25.4 Å². The molecule has 112 valence electrons. The van der Waals surface area contributed by atoms with Gasteiger partial charge in [-0.25, -0.2) is 4.98 Å². The molecule has 0 saturated carbocycles. The Kier molecular flexibility index (Phi) is 4.24. The average molecular weight is 307 g/mol. The maximum atomic E-state index is 12.0. The van der Waals surface area contributed by atoms with Crippen LogP contribution in [-0.4, -0.2) is 41.0 Å². The van der Waals surface area contributed by atoms with Gasteiger partial charge in [-0.2, -0.15) is 0 Å². The zero-order valence-corrected chi connectivity index (χ0v) is 12.8. The average Bonchev–Trinajstić information content (AvgIpc) is 2.46. The van der Waals surface area contributed by atoms with Gasteiger partial charge in [0, 0.05) is 11.1 Å². The van der Waals surface area contributed by atoms with Crippen molar-refractivity contribution in [1.29, 1.82) is 0 Å². The number of hydrogen-bond donors (Lipinski definition) is 2. The van der Waals surface area contributed by atoms with Gasteiger partial charge in [0.2, 0.25) is 0 Å². The van der Waals surface area contributed by atoms with Crippen molar-refractivity contribution in [3.63, 3.8) is 0 Å². The molecule has 0 spiro atoms. The SMILES string of the molecule is CN1CCC(NCc2nc3cc(Cl)ccc3c(=O)[nH]2)CC1. The van der Waals surface area contributed by atoms with Gasteiger partial charge < -0.3 is 15.2 Å². The van der Waals surface area contributed by atoms with Crippen LogP contribution in [0.5, 0.6) is 0 Å². The summed E-state index contributed by atoms with van der Waals surface area (Å²) in [5, 5.41) is 4.64. The molecule has 2 aromatic rings. The smallest absolute Gasteiger partial charge is 0.258 e. The molecular weight excluding hydrogens is 288 g/mol. The summed E-state index contributed by atoms with van der Waals surface area (Å²) in [7, 11) is 2.14. The Morgan fingerprint density at radius 2 is 2.19 bits per heavy atom. The molecule has 0 radical (unpaired) electrons. The summed E-state index contributed by atoms with van der Waals surface area (Å²) >= 11 is 5.96. The Morgan fingerprint density at radius 1 is 1.43 bits per heavy atom. The zero-order valence-electron chi connectivity index (χ0n) is 12.0. The first-order chi connectivity index (χ1) is 10.1. The number of aromatic nitrogens is 2. The standard InChI is InChI=1S/C15H19ClN4O/c1-20-6-4-11(5-7-20)17-9-14-18-13-8-10(16)2-3-12(13)15(21)19-14/h2-3,8,11,17H,4-7,9H2,1H3,(H,18,19,21). The lowest BCUT2D eigenvalue weighted by Gasteiger charge is -2.29. The van der Waals surface area contributed by atoms with Crippen LogP contribution in [0.4, 0.5) is 0 Å². The molecule has 0 atom stereocenters. The van der Waals surface area contributed by atoms with Crippen molar-refractivity contribution in [2.24, 2.45) is 0 Å². The minimum absolute atomic E-state index is 0.114. The van der Waals surface area contributed by atoms with Crippen molar-refractivity contribution < 1.29 is 0 Å². The Balaban J connectivity index is 1.74. The van der Waals surface area contributed by atoms with E-state index in [2.05, 4.69) is 27.2 Å². The Labute approximate surface area is 128 Å². The second-order valence-electron chi connectivity index (χ2n) is 5.63. The van der Waals surface area contributed by atoms with Crippen molar-refractivity contribution >= 4 is 22.5 Å². The number of likely N-dealkylation sites (tertiary alicyclic amines) is 1. The molecule has 0 bridgehead atoms. The first-order valence-corrected chi connectivity index (χ1v) is 7.60. The van der Waals surface area contributed by atoms with E-state index in [4.69, 9.17) is 11.6 Å². The van der Waals surface area contributed by atoms with Gasteiger partial charge in [-0.05, 0) is 51.2 Å². The molecular formula is C15H19ClN4O. The molecule has 1 aliphatic rings. The molecule has 1 aliphatic heterocycles. The van der Waals surface area contributed by atoms with Crippen LogP contribution in [-0.2, 0) is 6.54 Å². The van der Waals surface area contributed by atoms with Gasteiger partial charge in [0.15, 0.2) is 0 Å². The Hall–Kier alpha value is -1.43. The van der Waals surface area contributed by atoms with Gasteiger partial charge in [0.1, 0.15) is 5.82 Å². The lowest BCUT2D eigenvalue weighted by Crippen LogP contribution is -2.40. The van der Waals surface area contributed by atoms with E-state index in [-0.39, 0.29) is 5.56 Å². The van der Waals surface area contributed by atoms with Crippen LogP contribution in [0.2, 0.25) is 5.02 Å². The van der Waals surface area contributed by atoms with Crippen molar-refractivity contribution in [3.8, 4) is 0 Å². The Bertz CT molecular complexity index is 692. The van der Waals surface area contributed by atoms with Gasteiger partial charge in [-0.1, -0.05) is 11.6 Å². The van der Waals surface area contributed by atoms with Crippen molar-refractivity contribution in [3.05, 3.63) is 39.4 Å². The fourth-order valence-electron chi connectivity index (χ4n) is 2.70. The van der Waals surface area contributed by atoms with E-state index in [1.165, 1.54) is 0 Å². The first-order valence-electron chi connectivity index (χ1n) is 7.22. The summed E-state index contributed by atoms with van der Waals surface area (Å²) in [6.45, 7) is 2.79. The Morgan fingerprint density at radius 3 is 2.95 bits per heavy atom. The zero-order chi connectivity index (χ0) is 14.8. The summed E-state index contributed by atoms with van der Waals surface area (Å²) in [5.41, 5.74) is 0.531. The van der Waals surface area contributed by atoms with E-state index in [1.807, 2.05) is 0 Å². The molecule has 5 nitrogen and oxygen atoms in total. The fourth-order valence-corrected chi connectivity index (χ4v) is 2.86. The molecule has 21 heavy (non-hydrogen) atoms. The quantitative estimate of drug-likeness (QED) is 0.907. The maximum absolute atomic E-state index is 12.0. The fraction of sp³-hybridized carbons (Fsp3) is 0.467. The minimum Gasteiger partial charge on any atom is -0.309 e. The van der Waals surface area contributed by atoms with Crippen molar-refractivity contribution in [2.75, 3.05) is 20.1 Å². The predicted molar refractivity (Wildman–Crippen MR) is 84.7 cm³/mol. The summed E-state index contributed by atoms with van der Waals surface area (Å²) in [4.78, 5) is 21.7. The lowest BCUT2D eigenvalue weighted by atomic mass is 10.1. The maximum Gasteiger partial charge on any atom is 0.258 e. The van der Waals surface area contributed by atoms with Crippen LogP contribution in [0, 0.1) is 0 Å². The number of fused-ring (bicyclic) bond motifs is 1. The van der Waals surface area contributed by atoms with Crippen LogP contribution in [0.15, 0.2) is 23.0 Å². The van der Waals surface area contributed by atoms with Gasteiger partial charge >= 0.3 is 0 Å². The summed E-state index contributed by atoms with van der Waals surface area (Å²) < 4.78 is 0. The minimum atomic E-state index is -0.114. The highest BCUT2D eigenvalue weighted by Gasteiger charge is 2.16. The topological polar surface area (TPSA) is 61.0 Å². The number of aromatic amines is 1. The summed E-state index contributed by atoms with van der Waals surface area (Å²) in [6.07, 6.45) is 2.25. The largest absolute Gasteiger partial charge is 0.309 e. The third kappa shape index (κ3) is 3.43. The number of halogens is 1. The molecule has 3 rings (SSSR count). The second kappa shape index (κ2) is 6.13. The molecule has 0 amide bonds. The monoisotopic (exact) mass is 306 g/mol. The van der Waals surface area contributed by atoms with Crippen LogP contribution in [0.3, 0.4) is 0 Å². The molecule has 1 fully saturated rings. The molecule has 1 aromatic heterocycles. The van der Waals surface area contributed by atoms with E-state index < -0.39 is 0 Å². The lowest BCUT2D eigenvalue weighted by molar-refractivity contribution is 0.233. The molecule has 0 unspecified atom stereocenters. The molecule has 1 saturated heterocycles. The molecule has 2 heterocycles. The number of rotatable bonds is 3. The van der Waals surface area contributed by atoms with Gasteiger partial charge in [-0.3, -0.25) is 4.79 Å². The first kappa shape index (κ1) is 14.5. The normalized spacial score (nSPS) is 17.4. The molecule has 2 N–H and O–H groups in total. The van der Waals surface area contributed by atoms with E-state index >= 15 is 0 Å².